The molecule has 3 aromatic rings. The van der Waals surface area contributed by atoms with Crippen LogP contribution in [0.25, 0.3) is 0 Å². The van der Waals surface area contributed by atoms with Crippen LogP contribution >= 0.6 is 11.6 Å². The molecule has 0 aliphatic carbocycles. The Morgan fingerprint density at radius 2 is 1.83 bits per heavy atom. The van der Waals surface area contributed by atoms with E-state index in [0.717, 1.165) is 5.56 Å². The first kappa shape index (κ1) is 16.1. The van der Waals surface area contributed by atoms with Crippen LogP contribution < -0.4 is 4.90 Å². The second-order valence-electron chi connectivity index (χ2n) is 5.07. The fourth-order valence-electron chi connectivity index (χ4n) is 2.21. The zero-order valence-electron chi connectivity index (χ0n) is 12.6. The van der Waals surface area contributed by atoms with Gasteiger partial charge in [0, 0.05) is 18.1 Å². The molecule has 0 saturated carbocycles. The highest BCUT2D eigenvalue weighted by atomic mass is 35.5. The number of pyridine rings is 2. The second-order valence-corrected chi connectivity index (χ2v) is 5.46. The molecule has 120 valence electrons. The predicted octanol–water partition coefficient (Wildman–Crippen LogP) is 4.12. The standard InChI is InChI=1S/C18H13ClFN3O/c19-17-9-4-13(11-22-17)12-23(15-7-5-14(20)6-8-15)18(24)16-3-1-2-10-21-16/h1-11H,12H2. The van der Waals surface area contributed by atoms with E-state index in [1.807, 2.05) is 0 Å². The van der Waals surface area contributed by atoms with Gasteiger partial charge in [0.1, 0.15) is 16.7 Å². The lowest BCUT2D eigenvalue weighted by Crippen LogP contribution is -2.31. The van der Waals surface area contributed by atoms with Gasteiger partial charge in [0.15, 0.2) is 0 Å². The number of hydrogen-bond acceptors (Lipinski definition) is 3. The molecule has 0 atom stereocenters. The minimum absolute atomic E-state index is 0.269. The fourth-order valence-corrected chi connectivity index (χ4v) is 2.32. The Hall–Kier alpha value is -2.79. The Labute approximate surface area is 143 Å². The number of rotatable bonds is 4. The molecule has 0 aliphatic heterocycles. The average molecular weight is 342 g/mol. The van der Waals surface area contributed by atoms with E-state index in [4.69, 9.17) is 11.6 Å². The van der Waals surface area contributed by atoms with Crippen molar-refractivity contribution >= 4 is 23.2 Å². The van der Waals surface area contributed by atoms with Crippen molar-refractivity contribution < 1.29 is 9.18 Å². The average Bonchev–Trinajstić information content (AvgIpc) is 2.62. The number of benzene rings is 1. The maximum Gasteiger partial charge on any atom is 0.277 e. The monoisotopic (exact) mass is 341 g/mol. The largest absolute Gasteiger partial charge is 0.303 e. The molecule has 0 bridgehead atoms. The normalized spacial score (nSPS) is 10.4. The number of nitrogens with zero attached hydrogens (tertiary/aromatic N) is 3. The molecule has 4 nitrogen and oxygen atoms in total. The Kier molecular flexibility index (Phi) is 4.82. The first-order chi connectivity index (χ1) is 11.6. The lowest BCUT2D eigenvalue weighted by molar-refractivity contribution is 0.0980. The molecule has 0 aliphatic rings. The van der Waals surface area contributed by atoms with Gasteiger partial charge in [0.05, 0.1) is 6.54 Å². The Bertz CT molecular complexity index is 823. The molecule has 0 radical (unpaired) electrons. The SMILES string of the molecule is O=C(c1ccccn1)N(Cc1ccc(Cl)nc1)c1ccc(F)cc1. The van der Waals surface area contributed by atoms with Crippen LogP contribution in [-0.2, 0) is 6.54 Å². The Morgan fingerprint density at radius 3 is 2.46 bits per heavy atom. The molecule has 1 aromatic carbocycles. The van der Waals surface area contributed by atoms with E-state index in [-0.39, 0.29) is 18.3 Å². The van der Waals surface area contributed by atoms with Gasteiger partial charge in [-0.05, 0) is 48.0 Å². The summed E-state index contributed by atoms with van der Waals surface area (Å²) in [7, 11) is 0. The van der Waals surface area contributed by atoms with Crippen LogP contribution in [-0.4, -0.2) is 15.9 Å². The van der Waals surface area contributed by atoms with Crippen molar-refractivity contribution in [2.75, 3.05) is 4.90 Å². The molecule has 0 fully saturated rings. The van der Waals surface area contributed by atoms with Gasteiger partial charge >= 0.3 is 0 Å². The highest BCUT2D eigenvalue weighted by Crippen LogP contribution is 2.20. The first-order valence-electron chi connectivity index (χ1n) is 7.22. The molecular formula is C18H13ClFN3O. The summed E-state index contributed by atoms with van der Waals surface area (Å²) in [4.78, 5) is 22.5. The lowest BCUT2D eigenvalue weighted by atomic mass is 10.2. The van der Waals surface area contributed by atoms with Gasteiger partial charge in [-0.2, -0.15) is 0 Å². The van der Waals surface area contributed by atoms with Crippen molar-refractivity contribution in [3.8, 4) is 0 Å². The summed E-state index contributed by atoms with van der Waals surface area (Å²) < 4.78 is 13.2. The third-order valence-electron chi connectivity index (χ3n) is 3.40. The molecule has 2 aromatic heterocycles. The smallest absolute Gasteiger partial charge is 0.277 e. The number of aromatic nitrogens is 2. The van der Waals surface area contributed by atoms with E-state index in [0.29, 0.717) is 16.5 Å². The van der Waals surface area contributed by atoms with Gasteiger partial charge in [-0.15, -0.1) is 0 Å². The number of hydrogen-bond donors (Lipinski definition) is 0. The van der Waals surface area contributed by atoms with Crippen molar-refractivity contribution in [3.63, 3.8) is 0 Å². The van der Waals surface area contributed by atoms with Gasteiger partial charge in [-0.25, -0.2) is 9.37 Å². The first-order valence-corrected chi connectivity index (χ1v) is 7.60. The number of halogens is 2. The van der Waals surface area contributed by atoms with Gasteiger partial charge in [-0.1, -0.05) is 23.7 Å². The van der Waals surface area contributed by atoms with E-state index < -0.39 is 0 Å². The van der Waals surface area contributed by atoms with E-state index in [1.54, 1.807) is 54.9 Å². The predicted molar refractivity (Wildman–Crippen MR) is 90.4 cm³/mol. The molecule has 0 unspecified atom stereocenters. The van der Waals surface area contributed by atoms with Gasteiger partial charge in [-0.3, -0.25) is 9.78 Å². The molecular weight excluding hydrogens is 329 g/mol. The van der Waals surface area contributed by atoms with Crippen LogP contribution in [0.3, 0.4) is 0 Å². The zero-order valence-corrected chi connectivity index (χ0v) is 13.3. The third-order valence-corrected chi connectivity index (χ3v) is 3.62. The molecule has 2 heterocycles. The highest BCUT2D eigenvalue weighted by molar-refractivity contribution is 6.29. The summed E-state index contributed by atoms with van der Waals surface area (Å²) in [5.74, 6) is -0.644. The molecule has 3 rings (SSSR count). The van der Waals surface area contributed by atoms with E-state index in [2.05, 4.69) is 9.97 Å². The summed E-state index contributed by atoms with van der Waals surface area (Å²) >= 11 is 5.80. The molecule has 0 saturated heterocycles. The zero-order chi connectivity index (χ0) is 16.9. The van der Waals surface area contributed by atoms with Gasteiger partial charge in [0.2, 0.25) is 0 Å². The number of anilines is 1. The summed E-state index contributed by atoms with van der Waals surface area (Å²) in [5, 5.41) is 0.378. The third kappa shape index (κ3) is 3.75. The van der Waals surface area contributed by atoms with Crippen LogP contribution in [0.4, 0.5) is 10.1 Å². The quantitative estimate of drug-likeness (QED) is 0.671. The van der Waals surface area contributed by atoms with Crippen LogP contribution in [0, 0.1) is 5.82 Å². The van der Waals surface area contributed by atoms with E-state index in [9.17, 15) is 9.18 Å². The second kappa shape index (κ2) is 7.19. The van der Waals surface area contributed by atoms with Crippen molar-refractivity contribution in [1.82, 2.24) is 9.97 Å². The van der Waals surface area contributed by atoms with Crippen molar-refractivity contribution in [3.05, 3.63) is 89.2 Å². The van der Waals surface area contributed by atoms with E-state index >= 15 is 0 Å². The number of carbonyl (C=O) groups excluding carboxylic acids is 1. The molecule has 0 N–H and O–H groups in total. The van der Waals surface area contributed by atoms with Gasteiger partial charge in [0.25, 0.3) is 5.91 Å². The minimum Gasteiger partial charge on any atom is -0.303 e. The molecule has 1 amide bonds. The minimum atomic E-state index is -0.364. The molecule has 6 heteroatoms. The summed E-state index contributed by atoms with van der Waals surface area (Å²) in [5.41, 5.74) is 1.68. The maximum atomic E-state index is 13.2. The van der Waals surface area contributed by atoms with Crippen LogP contribution in [0.15, 0.2) is 67.0 Å². The number of amides is 1. The summed E-state index contributed by atoms with van der Waals surface area (Å²) in [6, 6.07) is 14.3. The van der Waals surface area contributed by atoms with Crippen molar-refractivity contribution in [2.24, 2.45) is 0 Å². The Balaban J connectivity index is 1.95. The summed E-state index contributed by atoms with van der Waals surface area (Å²) in [6.07, 6.45) is 3.16. The van der Waals surface area contributed by atoms with Gasteiger partial charge < -0.3 is 4.90 Å². The topological polar surface area (TPSA) is 46.1 Å². The van der Waals surface area contributed by atoms with Crippen molar-refractivity contribution in [2.45, 2.75) is 6.54 Å². The molecule has 0 spiro atoms. The number of carbonyl (C=O) groups is 1. The maximum absolute atomic E-state index is 13.2. The molecule has 24 heavy (non-hydrogen) atoms. The highest BCUT2D eigenvalue weighted by Gasteiger charge is 2.19. The van der Waals surface area contributed by atoms with Crippen LogP contribution in [0.2, 0.25) is 5.15 Å². The van der Waals surface area contributed by atoms with Crippen LogP contribution in [0.1, 0.15) is 16.1 Å². The fraction of sp³-hybridized carbons (Fsp3) is 0.0556. The lowest BCUT2D eigenvalue weighted by Gasteiger charge is -2.22. The van der Waals surface area contributed by atoms with Crippen LogP contribution in [0.5, 0.6) is 0 Å². The van der Waals surface area contributed by atoms with Crippen molar-refractivity contribution in [1.29, 1.82) is 0 Å². The summed E-state index contributed by atoms with van der Waals surface area (Å²) in [6.45, 7) is 0.269. The Morgan fingerprint density at radius 1 is 1.04 bits per heavy atom. The van der Waals surface area contributed by atoms with E-state index in [1.165, 1.54) is 17.0 Å².